The third kappa shape index (κ3) is 5.92. The van der Waals surface area contributed by atoms with E-state index < -0.39 is 0 Å². The second-order valence-corrected chi connectivity index (χ2v) is 5.52. The molecule has 0 saturated heterocycles. The van der Waals surface area contributed by atoms with Gasteiger partial charge in [0.05, 0.1) is 6.61 Å². The van der Waals surface area contributed by atoms with Crippen molar-refractivity contribution in [2.75, 3.05) is 6.61 Å². The second-order valence-electron chi connectivity index (χ2n) is 5.52. The predicted molar refractivity (Wildman–Crippen MR) is 88.7 cm³/mol. The smallest absolute Gasteiger partial charge is 0.0647 e. The molecular weight excluding hydrogens is 244 g/mol. The van der Waals surface area contributed by atoms with Crippen molar-refractivity contribution in [3.8, 4) is 0 Å². The summed E-state index contributed by atoms with van der Waals surface area (Å²) in [6.07, 6.45) is 9.59. The first kappa shape index (κ1) is 17.0. The molecule has 112 valence electrons. The van der Waals surface area contributed by atoms with Crippen molar-refractivity contribution in [1.82, 2.24) is 0 Å². The Morgan fingerprint density at radius 2 is 1.55 bits per heavy atom. The fourth-order valence-corrected chi connectivity index (χ4v) is 2.61. The van der Waals surface area contributed by atoms with E-state index in [0.717, 1.165) is 12.8 Å². The Bertz CT molecular complexity index is 378. The molecular formula is C19H30O. The number of rotatable bonds is 10. The maximum absolute atomic E-state index is 9.73. The Morgan fingerprint density at radius 3 is 2.15 bits per heavy atom. The highest BCUT2D eigenvalue weighted by Gasteiger charge is 2.08. The molecule has 0 aliphatic rings. The van der Waals surface area contributed by atoms with E-state index in [1.165, 1.54) is 55.2 Å². The summed E-state index contributed by atoms with van der Waals surface area (Å²) in [7, 11) is 0. The lowest BCUT2D eigenvalue weighted by Gasteiger charge is -2.14. The van der Waals surface area contributed by atoms with Crippen LogP contribution in [0.4, 0.5) is 0 Å². The number of benzene rings is 1. The number of hydrogen-bond donors (Lipinski definition) is 1. The van der Waals surface area contributed by atoms with Crippen LogP contribution in [0.2, 0.25) is 0 Å². The first-order valence-corrected chi connectivity index (χ1v) is 8.20. The van der Waals surface area contributed by atoms with Gasteiger partial charge in [-0.05, 0) is 42.4 Å². The van der Waals surface area contributed by atoms with Gasteiger partial charge >= 0.3 is 0 Å². The van der Waals surface area contributed by atoms with Crippen molar-refractivity contribution in [2.24, 2.45) is 0 Å². The zero-order valence-corrected chi connectivity index (χ0v) is 13.2. The van der Waals surface area contributed by atoms with Gasteiger partial charge in [0, 0.05) is 0 Å². The number of aliphatic hydroxyl groups is 1. The minimum Gasteiger partial charge on any atom is -0.392 e. The van der Waals surface area contributed by atoms with Crippen molar-refractivity contribution in [3.63, 3.8) is 0 Å². The fraction of sp³-hybridized carbons (Fsp3) is 0.579. The van der Waals surface area contributed by atoms with Gasteiger partial charge in [-0.2, -0.15) is 0 Å². The summed E-state index contributed by atoms with van der Waals surface area (Å²) in [5.74, 6) is 0. The molecule has 1 aromatic carbocycles. The predicted octanol–water partition coefficient (Wildman–Crippen LogP) is 5.59. The van der Waals surface area contributed by atoms with Crippen LogP contribution in [-0.2, 0) is 0 Å². The standard InChI is InChI=1S/C19H30O/c1-3-5-7-11-15-19(17-13-9-8-10-14-17)18(16-20)12-6-4-2/h8-10,13-14,20H,3-7,11-12,15-16H2,1-2H3/b19-18-. The van der Waals surface area contributed by atoms with Crippen LogP contribution in [0.1, 0.15) is 70.8 Å². The number of aliphatic hydroxyl groups excluding tert-OH is 1. The molecule has 1 rings (SSSR count). The minimum absolute atomic E-state index is 0.206. The zero-order chi connectivity index (χ0) is 14.6. The van der Waals surface area contributed by atoms with E-state index in [0.29, 0.717) is 0 Å². The van der Waals surface area contributed by atoms with Gasteiger partial charge in [-0.3, -0.25) is 0 Å². The van der Waals surface area contributed by atoms with Crippen molar-refractivity contribution < 1.29 is 5.11 Å². The van der Waals surface area contributed by atoms with Crippen molar-refractivity contribution in [1.29, 1.82) is 0 Å². The lowest BCUT2D eigenvalue weighted by Crippen LogP contribution is -1.98. The molecule has 0 aliphatic carbocycles. The molecule has 0 aliphatic heterocycles. The molecule has 20 heavy (non-hydrogen) atoms. The first-order valence-electron chi connectivity index (χ1n) is 8.20. The number of allylic oxidation sites excluding steroid dienone is 1. The maximum atomic E-state index is 9.73. The summed E-state index contributed by atoms with van der Waals surface area (Å²) in [4.78, 5) is 0. The molecule has 0 aromatic heterocycles. The highest BCUT2D eigenvalue weighted by molar-refractivity contribution is 5.68. The quantitative estimate of drug-likeness (QED) is 0.551. The molecule has 0 saturated carbocycles. The Kier molecular flexibility index (Phi) is 9.06. The molecule has 0 bridgehead atoms. The van der Waals surface area contributed by atoms with Gasteiger partial charge in [-0.15, -0.1) is 0 Å². The molecule has 0 fully saturated rings. The number of hydrogen-bond acceptors (Lipinski definition) is 1. The van der Waals surface area contributed by atoms with Crippen LogP contribution in [0.3, 0.4) is 0 Å². The van der Waals surface area contributed by atoms with Crippen LogP contribution in [0.25, 0.3) is 5.57 Å². The van der Waals surface area contributed by atoms with E-state index in [4.69, 9.17) is 0 Å². The molecule has 0 heterocycles. The Morgan fingerprint density at radius 1 is 0.850 bits per heavy atom. The number of unbranched alkanes of at least 4 members (excludes halogenated alkanes) is 4. The highest BCUT2D eigenvalue weighted by atomic mass is 16.3. The third-order valence-corrected chi connectivity index (χ3v) is 3.85. The van der Waals surface area contributed by atoms with Gasteiger partial charge in [0.15, 0.2) is 0 Å². The summed E-state index contributed by atoms with van der Waals surface area (Å²) in [5, 5.41) is 9.73. The average Bonchev–Trinajstić information content (AvgIpc) is 2.50. The molecule has 1 aromatic rings. The van der Waals surface area contributed by atoms with E-state index in [-0.39, 0.29) is 6.61 Å². The molecule has 0 amide bonds. The Labute approximate surface area is 124 Å². The topological polar surface area (TPSA) is 20.2 Å². The summed E-state index contributed by atoms with van der Waals surface area (Å²) in [5.41, 5.74) is 3.93. The van der Waals surface area contributed by atoms with E-state index in [9.17, 15) is 5.11 Å². The SMILES string of the molecule is CCCCCC/C(=C(/CO)CCCC)c1ccccc1. The van der Waals surface area contributed by atoms with Gasteiger partial charge in [-0.1, -0.05) is 69.9 Å². The van der Waals surface area contributed by atoms with Gasteiger partial charge in [0.1, 0.15) is 0 Å². The fourth-order valence-electron chi connectivity index (χ4n) is 2.61. The minimum atomic E-state index is 0.206. The van der Waals surface area contributed by atoms with Crippen LogP contribution in [0.15, 0.2) is 35.9 Å². The Balaban J connectivity index is 2.84. The first-order chi connectivity index (χ1) is 9.83. The average molecular weight is 274 g/mol. The monoisotopic (exact) mass is 274 g/mol. The van der Waals surface area contributed by atoms with Crippen LogP contribution in [0, 0.1) is 0 Å². The van der Waals surface area contributed by atoms with E-state index >= 15 is 0 Å². The zero-order valence-electron chi connectivity index (χ0n) is 13.2. The maximum Gasteiger partial charge on any atom is 0.0647 e. The Hall–Kier alpha value is -1.08. The van der Waals surface area contributed by atoms with Gasteiger partial charge in [0.2, 0.25) is 0 Å². The molecule has 0 spiro atoms. The second kappa shape index (κ2) is 10.7. The summed E-state index contributed by atoms with van der Waals surface area (Å²) < 4.78 is 0. The van der Waals surface area contributed by atoms with E-state index in [1.54, 1.807) is 0 Å². The highest BCUT2D eigenvalue weighted by Crippen LogP contribution is 2.27. The summed E-state index contributed by atoms with van der Waals surface area (Å²) in [6, 6.07) is 10.6. The van der Waals surface area contributed by atoms with Crippen molar-refractivity contribution in [2.45, 2.75) is 65.2 Å². The van der Waals surface area contributed by atoms with Crippen LogP contribution >= 0.6 is 0 Å². The molecule has 0 unspecified atom stereocenters. The lowest BCUT2D eigenvalue weighted by atomic mass is 9.92. The van der Waals surface area contributed by atoms with Crippen LogP contribution in [-0.4, -0.2) is 11.7 Å². The molecule has 0 radical (unpaired) electrons. The van der Waals surface area contributed by atoms with Gasteiger partial charge in [0.25, 0.3) is 0 Å². The summed E-state index contributed by atoms with van der Waals surface area (Å²) in [6.45, 7) is 4.66. The van der Waals surface area contributed by atoms with E-state index in [2.05, 4.69) is 44.2 Å². The van der Waals surface area contributed by atoms with Crippen molar-refractivity contribution in [3.05, 3.63) is 41.5 Å². The molecule has 1 N–H and O–H groups in total. The largest absolute Gasteiger partial charge is 0.392 e. The van der Waals surface area contributed by atoms with Crippen LogP contribution in [0.5, 0.6) is 0 Å². The lowest BCUT2D eigenvalue weighted by molar-refractivity contribution is 0.326. The molecule has 1 nitrogen and oxygen atoms in total. The van der Waals surface area contributed by atoms with E-state index in [1.807, 2.05) is 0 Å². The van der Waals surface area contributed by atoms with Gasteiger partial charge in [-0.25, -0.2) is 0 Å². The third-order valence-electron chi connectivity index (χ3n) is 3.85. The summed E-state index contributed by atoms with van der Waals surface area (Å²) >= 11 is 0. The van der Waals surface area contributed by atoms with Crippen molar-refractivity contribution >= 4 is 5.57 Å². The van der Waals surface area contributed by atoms with Crippen LogP contribution < -0.4 is 0 Å². The van der Waals surface area contributed by atoms with Gasteiger partial charge < -0.3 is 5.11 Å². The molecule has 0 atom stereocenters. The molecule has 1 heteroatoms. The normalized spacial score (nSPS) is 12.3.